The molecule has 2 aromatic carbocycles. The molecule has 0 amide bonds. The van der Waals surface area contributed by atoms with Crippen LogP contribution in [-0.2, 0) is 0 Å². The monoisotopic (exact) mass is 389 g/mol. The van der Waals surface area contributed by atoms with Crippen molar-refractivity contribution in [1.29, 1.82) is 0 Å². The summed E-state index contributed by atoms with van der Waals surface area (Å²) in [6, 6.07) is 8.39. The van der Waals surface area contributed by atoms with Crippen LogP contribution in [0.15, 0.2) is 34.8 Å². The molecule has 0 fully saturated rings. The van der Waals surface area contributed by atoms with E-state index in [2.05, 4.69) is 21.2 Å². The molecule has 0 aliphatic rings. The average Bonchev–Trinajstić information content (AvgIpc) is 2.44. The molecule has 0 spiro atoms. The van der Waals surface area contributed by atoms with Gasteiger partial charge in [-0.15, -0.1) is 0 Å². The maximum Gasteiger partial charge on any atom is 0.129 e. The molecule has 1 nitrogen and oxygen atoms in total. The largest absolute Gasteiger partial charge is 0.306 e. The zero-order valence-corrected chi connectivity index (χ0v) is 14.8. The van der Waals surface area contributed by atoms with Crippen molar-refractivity contribution < 1.29 is 4.39 Å². The highest BCUT2D eigenvalue weighted by Crippen LogP contribution is 2.34. The fourth-order valence-electron chi connectivity index (χ4n) is 2.29. The molecule has 5 heteroatoms. The third-order valence-electron chi connectivity index (χ3n) is 3.38. The van der Waals surface area contributed by atoms with E-state index >= 15 is 0 Å². The van der Waals surface area contributed by atoms with E-state index in [0.29, 0.717) is 26.6 Å². The van der Waals surface area contributed by atoms with Crippen molar-refractivity contribution in [2.45, 2.75) is 19.9 Å². The number of rotatable bonds is 4. The smallest absolute Gasteiger partial charge is 0.129 e. The summed E-state index contributed by atoms with van der Waals surface area (Å²) in [5.74, 6) is -0.309. The van der Waals surface area contributed by atoms with Crippen molar-refractivity contribution in [3.8, 4) is 0 Å². The van der Waals surface area contributed by atoms with Crippen LogP contribution in [0.4, 0.5) is 4.39 Å². The van der Waals surface area contributed by atoms with Gasteiger partial charge >= 0.3 is 0 Å². The molecule has 0 saturated heterocycles. The molecule has 2 rings (SSSR count). The van der Waals surface area contributed by atoms with E-state index in [9.17, 15) is 4.39 Å². The van der Waals surface area contributed by atoms with E-state index in [1.165, 1.54) is 6.07 Å². The predicted octanol–water partition coefficient (Wildman–Crippen LogP) is 5.90. The van der Waals surface area contributed by atoms with Gasteiger partial charge in [-0.2, -0.15) is 0 Å². The summed E-state index contributed by atoms with van der Waals surface area (Å²) in [4.78, 5) is 0. The molecular weight excluding hydrogens is 376 g/mol. The van der Waals surface area contributed by atoms with Gasteiger partial charge in [0, 0.05) is 15.1 Å². The first-order valence-corrected chi connectivity index (χ1v) is 8.13. The summed E-state index contributed by atoms with van der Waals surface area (Å²) in [5.41, 5.74) is 2.39. The number of nitrogens with one attached hydrogen (secondary N) is 1. The fraction of sp³-hybridized carbons (Fsp3) is 0.250. The van der Waals surface area contributed by atoms with Crippen molar-refractivity contribution in [2.24, 2.45) is 0 Å². The highest BCUT2D eigenvalue weighted by Gasteiger charge is 2.21. The third kappa shape index (κ3) is 3.59. The Morgan fingerprint density at radius 1 is 1.19 bits per heavy atom. The second-order valence-corrected chi connectivity index (χ2v) is 6.40. The SMILES string of the molecule is CCNC(c1cc(Cl)c(Br)cc1F)c1cccc(Cl)c1C. The van der Waals surface area contributed by atoms with Crippen molar-refractivity contribution in [3.63, 3.8) is 0 Å². The summed E-state index contributed by atoms with van der Waals surface area (Å²) in [6.07, 6.45) is 0. The minimum absolute atomic E-state index is 0.292. The summed E-state index contributed by atoms with van der Waals surface area (Å²) in [5, 5.41) is 4.44. The summed E-state index contributed by atoms with van der Waals surface area (Å²) >= 11 is 15.5. The van der Waals surface area contributed by atoms with E-state index in [-0.39, 0.29) is 11.9 Å². The van der Waals surface area contributed by atoms with Crippen LogP contribution in [0.1, 0.15) is 29.7 Å². The summed E-state index contributed by atoms with van der Waals surface area (Å²) < 4.78 is 14.9. The molecule has 0 aliphatic heterocycles. The third-order valence-corrected chi connectivity index (χ3v) is 4.99. The number of hydrogen-bond donors (Lipinski definition) is 1. The second-order valence-electron chi connectivity index (χ2n) is 4.73. The van der Waals surface area contributed by atoms with Gasteiger partial charge < -0.3 is 5.32 Å². The zero-order valence-electron chi connectivity index (χ0n) is 11.7. The van der Waals surface area contributed by atoms with Crippen LogP contribution in [0, 0.1) is 12.7 Å². The predicted molar refractivity (Wildman–Crippen MR) is 90.8 cm³/mol. The molecule has 21 heavy (non-hydrogen) atoms. The normalized spacial score (nSPS) is 12.5. The van der Waals surface area contributed by atoms with E-state index in [4.69, 9.17) is 23.2 Å². The molecular formula is C16H15BrCl2FN. The van der Waals surface area contributed by atoms with Gasteiger partial charge in [0.2, 0.25) is 0 Å². The van der Waals surface area contributed by atoms with Crippen LogP contribution >= 0.6 is 39.1 Å². The van der Waals surface area contributed by atoms with Gasteiger partial charge in [-0.05, 0) is 58.7 Å². The minimum atomic E-state index is -0.309. The van der Waals surface area contributed by atoms with Crippen molar-refractivity contribution >= 4 is 39.1 Å². The Bertz CT molecular complexity index is 661. The quantitative estimate of drug-likeness (QED) is 0.640. The molecule has 1 N–H and O–H groups in total. The van der Waals surface area contributed by atoms with Crippen LogP contribution in [-0.4, -0.2) is 6.54 Å². The van der Waals surface area contributed by atoms with Gasteiger partial charge in [0.05, 0.1) is 11.1 Å². The number of benzene rings is 2. The summed E-state index contributed by atoms with van der Waals surface area (Å²) in [7, 11) is 0. The van der Waals surface area contributed by atoms with Gasteiger partial charge in [-0.3, -0.25) is 0 Å². The first-order chi connectivity index (χ1) is 9.95. The van der Waals surface area contributed by atoms with Crippen molar-refractivity contribution in [2.75, 3.05) is 6.54 Å². The lowest BCUT2D eigenvalue weighted by atomic mass is 9.94. The zero-order chi connectivity index (χ0) is 15.6. The molecule has 2 aromatic rings. The highest BCUT2D eigenvalue weighted by atomic mass is 79.9. The van der Waals surface area contributed by atoms with Gasteiger partial charge in [0.25, 0.3) is 0 Å². The molecule has 0 aromatic heterocycles. The van der Waals surface area contributed by atoms with Gasteiger partial charge in [0.15, 0.2) is 0 Å². The van der Waals surface area contributed by atoms with E-state index in [1.807, 2.05) is 32.0 Å². The average molecular weight is 391 g/mol. The number of hydrogen-bond acceptors (Lipinski definition) is 1. The van der Waals surface area contributed by atoms with Gasteiger partial charge in [-0.1, -0.05) is 42.3 Å². The number of halogens is 4. The van der Waals surface area contributed by atoms with Crippen LogP contribution in [0.3, 0.4) is 0 Å². The van der Waals surface area contributed by atoms with Crippen LogP contribution in [0.25, 0.3) is 0 Å². The highest BCUT2D eigenvalue weighted by molar-refractivity contribution is 9.10. The van der Waals surface area contributed by atoms with Crippen LogP contribution in [0.2, 0.25) is 10.0 Å². The topological polar surface area (TPSA) is 12.0 Å². The Kier molecular flexibility index (Phi) is 5.67. The lowest BCUT2D eigenvalue weighted by Crippen LogP contribution is -2.24. The van der Waals surface area contributed by atoms with Crippen molar-refractivity contribution in [1.82, 2.24) is 5.32 Å². The second kappa shape index (κ2) is 7.10. The van der Waals surface area contributed by atoms with Gasteiger partial charge in [0.1, 0.15) is 5.82 Å². The molecule has 0 radical (unpaired) electrons. The van der Waals surface area contributed by atoms with E-state index in [0.717, 1.165) is 11.1 Å². The first-order valence-electron chi connectivity index (χ1n) is 6.58. The Labute approximate surface area is 142 Å². The molecule has 112 valence electrons. The lowest BCUT2D eigenvalue weighted by molar-refractivity contribution is 0.557. The fourth-order valence-corrected chi connectivity index (χ4v) is 2.96. The molecule has 0 saturated carbocycles. The molecule has 1 unspecified atom stereocenters. The maximum atomic E-state index is 14.4. The lowest BCUT2D eigenvalue weighted by Gasteiger charge is -2.22. The molecule has 0 bridgehead atoms. The minimum Gasteiger partial charge on any atom is -0.306 e. The standard InChI is InChI=1S/C16H15BrCl2FN/c1-3-21-16(10-5-4-6-13(18)9(10)2)11-7-14(19)12(17)8-15(11)20/h4-8,16,21H,3H2,1-2H3. The Morgan fingerprint density at radius 3 is 2.57 bits per heavy atom. The van der Waals surface area contributed by atoms with E-state index < -0.39 is 0 Å². The first kappa shape index (κ1) is 16.8. The van der Waals surface area contributed by atoms with E-state index in [1.54, 1.807) is 6.07 Å². The molecule has 0 aliphatic carbocycles. The maximum absolute atomic E-state index is 14.4. The van der Waals surface area contributed by atoms with Gasteiger partial charge in [-0.25, -0.2) is 4.39 Å². The van der Waals surface area contributed by atoms with Crippen molar-refractivity contribution in [3.05, 3.63) is 67.4 Å². The summed E-state index contributed by atoms with van der Waals surface area (Å²) in [6.45, 7) is 4.61. The molecule has 1 atom stereocenters. The molecule has 0 heterocycles. The van der Waals surface area contributed by atoms with Crippen LogP contribution in [0.5, 0.6) is 0 Å². The van der Waals surface area contributed by atoms with Crippen LogP contribution < -0.4 is 5.32 Å². The Balaban J connectivity index is 2.59. The Morgan fingerprint density at radius 2 is 1.90 bits per heavy atom. The Hall–Kier alpha value is -0.610.